The maximum Gasteiger partial charge on any atom is 0.320 e. The first-order valence-electron chi connectivity index (χ1n) is 8.58. The Balaban J connectivity index is 1.69. The molecule has 1 unspecified atom stereocenters. The van der Waals surface area contributed by atoms with Crippen molar-refractivity contribution in [1.82, 2.24) is 19.8 Å². The van der Waals surface area contributed by atoms with Gasteiger partial charge in [-0.05, 0) is 25.8 Å². The molecule has 3 heterocycles. The molecule has 1 fully saturated rings. The zero-order valence-corrected chi connectivity index (χ0v) is 15.7. The predicted octanol–water partition coefficient (Wildman–Crippen LogP) is 1.58. The molecule has 8 heteroatoms. The van der Waals surface area contributed by atoms with Crippen molar-refractivity contribution in [2.75, 3.05) is 26.2 Å². The molecule has 1 aliphatic heterocycles. The normalized spacial score (nSPS) is 17.9. The second kappa shape index (κ2) is 7.23. The van der Waals surface area contributed by atoms with Gasteiger partial charge in [-0.2, -0.15) is 0 Å². The molecule has 2 aromatic rings. The van der Waals surface area contributed by atoms with Crippen LogP contribution in [0, 0.1) is 13.8 Å². The number of carbonyl (C=O) groups is 1. The van der Waals surface area contributed by atoms with Crippen LogP contribution in [0.1, 0.15) is 29.6 Å². The second-order valence-electron chi connectivity index (χ2n) is 6.55. The van der Waals surface area contributed by atoms with Gasteiger partial charge in [0.15, 0.2) is 0 Å². The lowest BCUT2D eigenvalue weighted by atomic mass is 10.1. The highest BCUT2D eigenvalue weighted by molar-refractivity contribution is 7.18. The van der Waals surface area contributed by atoms with Crippen molar-refractivity contribution in [3.8, 4) is 0 Å². The summed E-state index contributed by atoms with van der Waals surface area (Å²) in [6.45, 7) is 9.42. The van der Waals surface area contributed by atoms with Gasteiger partial charge in [-0.1, -0.05) is 6.92 Å². The molecule has 0 bridgehead atoms. The first-order valence-corrected chi connectivity index (χ1v) is 9.40. The zero-order chi connectivity index (χ0) is 18.1. The van der Waals surface area contributed by atoms with Crippen molar-refractivity contribution in [3.63, 3.8) is 0 Å². The van der Waals surface area contributed by atoms with E-state index in [2.05, 4.69) is 14.9 Å². The number of hydrogen-bond donors (Lipinski definition) is 2. The fourth-order valence-corrected chi connectivity index (χ4v) is 4.46. The standard InChI is InChI=1S/C17H24N4O3S/c1-4-12(17(23)24)21-7-5-20(6-8-21)9-13-18-15(22)14-10(2)11(3)25-16(14)19-13/h12H,4-9H2,1-3H3,(H,23,24)(H,18,19,22). The minimum absolute atomic E-state index is 0.0718. The third kappa shape index (κ3) is 3.61. The van der Waals surface area contributed by atoms with E-state index >= 15 is 0 Å². The Bertz CT molecular complexity index is 836. The van der Waals surface area contributed by atoms with Crippen molar-refractivity contribution in [2.45, 2.75) is 39.8 Å². The van der Waals surface area contributed by atoms with E-state index in [0.29, 0.717) is 37.3 Å². The number of nitrogens with zero attached hydrogens (tertiary/aromatic N) is 3. The summed E-state index contributed by atoms with van der Waals surface area (Å²) in [6.07, 6.45) is 0.609. The number of carboxylic acid groups (broad SMARTS) is 1. The van der Waals surface area contributed by atoms with Crippen LogP contribution in [-0.4, -0.2) is 63.1 Å². The second-order valence-corrected chi connectivity index (χ2v) is 7.75. The molecular formula is C17H24N4O3S. The maximum atomic E-state index is 12.3. The van der Waals surface area contributed by atoms with Crippen molar-refractivity contribution in [3.05, 3.63) is 26.6 Å². The van der Waals surface area contributed by atoms with E-state index in [1.165, 1.54) is 0 Å². The van der Waals surface area contributed by atoms with Gasteiger partial charge in [0.2, 0.25) is 0 Å². The van der Waals surface area contributed by atoms with Crippen LogP contribution in [-0.2, 0) is 11.3 Å². The van der Waals surface area contributed by atoms with Gasteiger partial charge < -0.3 is 10.1 Å². The van der Waals surface area contributed by atoms with E-state index in [4.69, 9.17) is 0 Å². The number of carboxylic acids is 1. The topological polar surface area (TPSA) is 89.5 Å². The summed E-state index contributed by atoms with van der Waals surface area (Å²) >= 11 is 1.56. The van der Waals surface area contributed by atoms with Crippen molar-refractivity contribution in [1.29, 1.82) is 0 Å². The van der Waals surface area contributed by atoms with Crippen LogP contribution in [0.3, 0.4) is 0 Å². The summed E-state index contributed by atoms with van der Waals surface area (Å²) in [5.74, 6) is -0.0756. The number of aromatic nitrogens is 2. The number of thiophene rings is 1. The monoisotopic (exact) mass is 364 g/mol. The highest BCUT2D eigenvalue weighted by Gasteiger charge is 2.27. The molecule has 0 aliphatic carbocycles. The summed E-state index contributed by atoms with van der Waals surface area (Å²) in [6, 6.07) is -0.409. The van der Waals surface area contributed by atoms with Gasteiger partial charge in [-0.25, -0.2) is 4.98 Å². The summed E-state index contributed by atoms with van der Waals surface area (Å²) in [4.78, 5) is 37.3. The molecular weight excluding hydrogens is 340 g/mol. The number of piperazine rings is 1. The van der Waals surface area contributed by atoms with Gasteiger partial charge in [0, 0.05) is 31.1 Å². The average molecular weight is 364 g/mol. The van der Waals surface area contributed by atoms with Gasteiger partial charge in [-0.15, -0.1) is 11.3 Å². The molecule has 7 nitrogen and oxygen atoms in total. The highest BCUT2D eigenvalue weighted by atomic mass is 32.1. The molecule has 0 saturated carbocycles. The Morgan fingerprint density at radius 3 is 2.60 bits per heavy atom. The van der Waals surface area contributed by atoms with Gasteiger partial charge in [0.05, 0.1) is 11.9 Å². The number of rotatable bonds is 5. The number of aryl methyl sites for hydroxylation is 2. The molecule has 2 N–H and O–H groups in total. The fourth-order valence-electron chi connectivity index (χ4n) is 3.41. The van der Waals surface area contributed by atoms with Crippen LogP contribution >= 0.6 is 11.3 Å². The minimum Gasteiger partial charge on any atom is -0.480 e. The van der Waals surface area contributed by atoms with Crippen LogP contribution < -0.4 is 5.56 Å². The Kier molecular flexibility index (Phi) is 5.21. The summed E-state index contributed by atoms with van der Waals surface area (Å²) in [7, 11) is 0. The summed E-state index contributed by atoms with van der Waals surface area (Å²) < 4.78 is 0. The van der Waals surface area contributed by atoms with Gasteiger partial charge in [-0.3, -0.25) is 19.4 Å². The number of H-pyrrole nitrogens is 1. The SMILES string of the molecule is CCC(C(=O)O)N1CCN(Cc2nc3sc(C)c(C)c3c(=O)[nH]2)CC1. The lowest BCUT2D eigenvalue weighted by molar-refractivity contribution is -0.144. The summed E-state index contributed by atoms with van der Waals surface area (Å²) in [5.41, 5.74) is 0.936. The smallest absolute Gasteiger partial charge is 0.320 e. The molecule has 0 amide bonds. The Hall–Kier alpha value is -1.77. The van der Waals surface area contributed by atoms with Crippen LogP contribution in [0.5, 0.6) is 0 Å². The quantitative estimate of drug-likeness (QED) is 0.837. The first-order chi connectivity index (χ1) is 11.9. The third-order valence-electron chi connectivity index (χ3n) is 4.98. The molecule has 0 radical (unpaired) electrons. The van der Waals surface area contributed by atoms with Gasteiger partial charge in [0.1, 0.15) is 16.7 Å². The van der Waals surface area contributed by atoms with Crippen LogP contribution in [0.15, 0.2) is 4.79 Å². The highest BCUT2D eigenvalue weighted by Crippen LogP contribution is 2.25. The van der Waals surface area contributed by atoms with E-state index in [1.807, 2.05) is 25.7 Å². The van der Waals surface area contributed by atoms with Crippen LogP contribution in [0.2, 0.25) is 0 Å². The van der Waals surface area contributed by atoms with E-state index in [9.17, 15) is 14.7 Å². The molecule has 1 atom stereocenters. The van der Waals surface area contributed by atoms with Crippen LogP contribution in [0.25, 0.3) is 10.2 Å². The molecule has 136 valence electrons. The number of fused-ring (bicyclic) bond motifs is 1. The number of aliphatic carboxylic acids is 1. The Labute approximate surface area is 150 Å². The first kappa shape index (κ1) is 18.0. The summed E-state index contributed by atoms with van der Waals surface area (Å²) in [5, 5.41) is 9.98. The van der Waals surface area contributed by atoms with Gasteiger partial charge in [0.25, 0.3) is 5.56 Å². The molecule has 1 saturated heterocycles. The molecule has 1 aliphatic rings. The van der Waals surface area contributed by atoms with Crippen LogP contribution in [0.4, 0.5) is 0 Å². The molecule has 25 heavy (non-hydrogen) atoms. The number of aromatic amines is 1. The van der Waals surface area contributed by atoms with E-state index < -0.39 is 12.0 Å². The maximum absolute atomic E-state index is 12.3. The minimum atomic E-state index is -0.754. The zero-order valence-electron chi connectivity index (χ0n) is 14.8. The number of nitrogens with one attached hydrogen (secondary N) is 1. The fraction of sp³-hybridized carbons (Fsp3) is 0.588. The molecule has 0 aromatic carbocycles. The van der Waals surface area contributed by atoms with E-state index in [-0.39, 0.29) is 5.56 Å². The molecule has 2 aromatic heterocycles. The molecule has 0 spiro atoms. The van der Waals surface area contributed by atoms with E-state index in [0.717, 1.165) is 28.4 Å². The van der Waals surface area contributed by atoms with E-state index in [1.54, 1.807) is 11.3 Å². The lowest BCUT2D eigenvalue weighted by Crippen LogP contribution is -2.52. The Morgan fingerprint density at radius 1 is 1.32 bits per heavy atom. The van der Waals surface area contributed by atoms with Crippen molar-refractivity contribution < 1.29 is 9.90 Å². The van der Waals surface area contributed by atoms with Crippen molar-refractivity contribution in [2.24, 2.45) is 0 Å². The number of hydrogen-bond acceptors (Lipinski definition) is 6. The lowest BCUT2D eigenvalue weighted by Gasteiger charge is -2.37. The van der Waals surface area contributed by atoms with Crippen molar-refractivity contribution >= 4 is 27.5 Å². The third-order valence-corrected chi connectivity index (χ3v) is 6.08. The van der Waals surface area contributed by atoms with Gasteiger partial charge >= 0.3 is 5.97 Å². The predicted molar refractivity (Wildman–Crippen MR) is 98.3 cm³/mol. The largest absolute Gasteiger partial charge is 0.480 e. The Morgan fingerprint density at radius 2 is 2.00 bits per heavy atom. The molecule has 3 rings (SSSR count). The average Bonchev–Trinajstić information content (AvgIpc) is 2.84.